The Morgan fingerprint density at radius 2 is 1.64 bits per heavy atom. The van der Waals surface area contributed by atoms with Crippen LogP contribution in [0.25, 0.3) is 0 Å². The number of nitrogens with two attached hydrogens (primary N) is 1. The van der Waals surface area contributed by atoms with Gasteiger partial charge in [-0.3, -0.25) is 9.59 Å². The van der Waals surface area contributed by atoms with Crippen molar-refractivity contribution in [3.8, 4) is 5.75 Å². The maximum Gasteiger partial charge on any atom is 0.268 e. The molecule has 0 aromatic heterocycles. The number of ether oxygens (including phenoxy) is 1. The minimum Gasteiger partial charge on any atom is -0.494 e. The third-order valence-corrected chi connectivity index (χ3v) is 6.78. The molecule has 0 unspecified atom stereocenters. The highest BCUT2D eigenvalue weighted by Gasteiger charge is 2.22. The molecular formula is C33H52N6O3. The molecule has 0 radical (unpaired) electrons. The van der Waals surface area contributed by atoms with Gasteiger partial charge in [0, 0.05) is 49.2 Å². The first-order valence-corrected chi connectivity index (χ1v) is 14.4. The van der Waals surface area contributed by atoms with Crippen molar-refractivity contribution in [2.45, 2.75) is 60.4 Å². The number of carbonyl (C=O) groups is 2. The van der Waals surface area contributed by atoms with Crippen molar-refractivity contribution in [2.75, 3.05) is 58.5 Å². The van der Waals surface area contributed by atoms with E-state index in [4.69, 9.17) is 10.5 Å². The molecule has 0 heterocycles. The Kier molecular flexibility index (Phi) is 12.0. The molecule has 42 heavy (non-hydrogen) atoms. The molecule has 9 nitrogen and oxygen atoms in total. The highest BCUT2D eigenvalue weighted by molar-refractivity contribution is 6.06. The van der Waals surface area contributed by atoms with Crippen LogP contribution in [-0.2, 0) is 16.8 Å². The molecule has 2 aromatic carbocycles. The van der Waals surface area contributed by atoms with Crippen LogP contribution < -0.4 is 26.4 Å². The van der Waals surface area contributed by atoms with Gasteiger partial charge in [-0.05, 0) is 68.2 Å². The van der Waals surface area contributed by atoms with Gasteiger partial charge in [0.25, 0.3) is 11.8 Å². The van der Waals surface area contributed by atoms with Crippen LogP contribution in [0.5, 0.6) is 5.75 Å². The first-order valence-electron chi connectivity index (χ1n) is 14.4. The lowest BCUT2D eigenvalue weighted by Gasteiger charge is -2.26. The number of hydrogen-bond donors (Lipinski definition) is 4. The lowest BCUT2D eigenvalue weighted by atomic mass is 9.85. The van der Waals surface area contributed by atoms with Gasteiger partial charge in [-0.2, -0.15) is 0 Å². The van der Waals surface area contributed by atoms with Crippen LogP contribution in [-0.4, -0.2) is 69.5 Å². The zero-order chi connectivity index (χ0) is 31.8. The molecule has 9 heteroatoms. The Morgan fingerprint density at radius 1 is 0.976 bits per heavy atom. The number of nitrogens with zero attached hydrogens (tertiary/aromatic N) is 2. The first kappa shape index (κ1) is 34.6. The van der Waals surface area contributed by atoms with Gasteiger partial charge >= 0.3 is 0 Å². The molecule has 5 N–H and O–H groups in total. The number of benzene rings is 2. The van der Waals surface area contributed by atoms with Crippen molar-refractivity contribution in [3.05, 3.63) is 64.5 Å². The van der Waals surface area contributed by atoms with E-state index >= 15 is 0 Å². The van der Waals surface area contributed by atoms with E-state index in [1.807, 2.05) is 39.8 Å². The minimum absolute atomic E-state index is 0.0558. The zero-order valence-corrected chi connectivity index (χ0v) is 27.5. The number of anilines is 2. The Hall–Kier alpha value is -3.56. The van der Waals surface area contributed by atoms with E-state index in [2.05, 4.69) is 73.7 Å². The molecule has 0 bridgehead atoms. The average Bonchev–Trinajstić information content (AvgIpc) is 2.88. The van der Waals surface area contributed by atoms with Crippen LogP contribution in [0, 0.1) is 12.3 Å². The first-order chi connectivity index (χ1) is 19.4. The van der Waals surface area contributed by atoms with E-state index in [0.717, 1.165) is 29.8 Å². The highest BCUT2D eigenvalue weighted by Crippen LogP contribution is 2.36. The van der Waals surface area contributed by atoms with Crippen LogP contribution in [0.1, 0.15) is 68.6 Å². The van der Waals surface area contributed by atoms with Crippen LogP contribution in [0.2, 0.25) is 0 Å². The van der Waals surface area contributed by atoms with Gasteiger partial charge in [-0.25, -0.2) is 0 Å². The van der Waals surface area contributed by atoms with Gasteiger partial charge in [-0.15, -0.1) is 0 Å². The number of methoxy groups -OCH3 is 1. The molecule has 2 aromatic rings. The third kappa shape index (κ3) is 10.7. The summed E-state index contributed by atoms with van der Waals surface area (Å²) in [5.41, 5.74) is 10.6. The summed E-state index contributed by atoms with van der Waals surface area (Å²) in [6.07, 6.45) is 1.46. The number of nitrogens with one attached hydrogen (secondary N) is 3. The fourth-order valence-corrected chi connectivity index (χ4v) is 4.10. The molecule has 2 rings (SSSR count). The largest absolute Gasteiger partial charge is 0.494 e. The molecule has 0 aliphatic carbocycles. The lowest BCUT2D eigenvalue weighted by Crippen LogP contribution is -2.35. The second-order valence-electron chi connectivity index (χ2n) is 13.5. The molecule has 0 fully saturated rings. The topological polar surface area (TPSA) is 112 Å². The van der Waals surface area contributed by atoms with Crippen molar-refractivity contribution in [2.24, 2.45) is 11.1 Å². The van der Waals surface area contributed by atoms with Crippen molar-refractivity contribution in [1.29, 1.82) is 0 Å². The van der Waals surface area contributed by atoms with Crippen molar-refractivity contribution in [1.82, 2.24) is 15.1 Å². The van der Waals surface area contributed by atoms with Crippen LogP contribution >= 0.6 is 0 Å². The predicted molar refractivity (Wildman–Crippen MR) is 174 cm³/mol. The Morgan fingerprint density at radius 3 is 2.21 bits per heavy atom. The highest BCUT2D eigenvalue weighted by atomic mass is 16.5. The molecule has 232 valence electrons. The quantitative estimate of drug-likeness (QED) is 0.264. The minimum atomic E-state index is -0.349. The van der Waals surface area contributed by atoms with Gasteiger partial charge in [0.05, 0.1) is 12.8 Å². The second kappa shape index (κ2) is 14.6. The summed E-state index contributed by atoms with van der Waals surface area (Å²) in [6.45, 7) is 17.5. The second-order valence-corrected chi connectivity index (χ2v) is 13.5. The molecular weight excluding hydrogens is 528 g/mol. The summed E-state index contributed by atoms with van der Waals surface area (Å²) in [5, 5.41) is 9.01. The van der Waals surface area contributed by atoms with Gasteiger partial charge in [-0.1, -0.05) is 53.7 Å². The summed E-state index contributed by atoms with van der Waals surface area (Å²) in [6, 6.07) is 9.54. The van der Waals surface area contributed by atoms with Crippen molar-refractivity contribution in [3.63, 3.8) is 0 Å². The molecule has 0 saturated heterocycles. The summed E-state index contributed by atoms with van der Waals surface area (Å²) in [5.74, 6) is 0.0302. The number of carbonyl (C=O) groups excluding carboxylic acids is 2. The van der Waals surface area contributed by atoms with Gasteiger partial charge in [0.1, 0.15) is 11.4 Å². The number of amides is 2. The van der Waals surface area contributed by atoms with Crippen molar-refractivity contribution >= 4 is 23.2 Å². The fourth-order valence-electron chi connectivity index (χ4n) is 4.10. The Bertz CT molecular complexity index is 1270. The monoisotopic (exact) mass is 580 g/mol. The molecule has 0 atom stereocenters. The predicted octanol–water partition coefficient (Wildman–Crippen LogP) is 4.92. The number of hydrogen-bond acceptors (Lipinski definition) is 7. The smallest absolute Gasteiger partial charge is 0.268 e. The summed E-state index contributed by atoms with van der Waals surface area (Å²) >= 11 is 0. The van der Waals surface area contributed by atoms with E-state index in [-0.39, 0.29) is 28.3 Å². The molecule has 2 amide bonds. The molecule has 0 aliphatic rings. The fraction of sp³-hybridized carbons (Fsp3) is 0.515. The van der Waals surface area contributed by atoms with E-state index < -0.39 is 0 Å². The van der Waals surface area contributed by atoms with Crippen molar-refractivity contribution < 1.29 is 14.3 Å². The SMILES string of the molecule is COc1c(CN(C)CCN(C)C)cc(C(C)(C)C)cc1NC(=O)c1ccc(C)c(N/C=C(\N)C(=O)NCC(C)(C)C)c1. The van der Waals surface area contributed by atoms with Gasteiger partial charge in [0.2, 0.25) is 0 Å². The maximum absolute atomic E-state index is 13.5. The molecule has 0 aliphatic heterocycles. The Labute approximate surface area is 252 Å². The molecule has 0 spiro atoms. The standard InChI is InChI=1S/C33H52N6O3/c1-22-12-13-23(17-27(22)35-19-26(34)31(41)36-21-32(2,3)4)30(40)37-28-18-25(33(5,6)7)16-24(29(28)42-11)20-39(10)15-14-38(8)9/h12-13,16-19,35H,14-15,20-21,34H2,1-11H3,(H,36,41)(H,37,40)/b26-19-. The van der Waals surface area contributed by atoms with E-state index in [1.165, 1.54) is 6.20 Å². The summed E-state index contributed by atoms with van der Waals surface area (Å²) in [4.78, 5) is 30.3. The van der Waals surface area contributed by atoms with E-state index in [9.17, 15) is 9.59 Å². The summed E-state index contributed by atoms with van der Waals surface area (Å²) in [7, 11) is 7.84. The number of rotatable bonds is 12. The summed E-state index contributed by atoms with van der Waals surface area (Å²) < 4.78 is 5.85. The van der Waals surface area contributed by atoms with Gasteiger partial charge < -0.3 is 36.2 Å². The normalized spacial score (nSPS) is 12.5. The average molecular weight is 581 g/mol. The number of aryl methyl sites for hydroxylation is 1. The lowest BCUT2D eigenvalue weighted by molar-refractivity contribution is -0.117. The van der Waals surface area contributed by atoms with E-state index in [0.29, 0.717) is 35.8 Å². The van der Waals surface area contributed by atoms with Crippen LogP contribution in [0.15, 0.2) is 42.2 Å². The van der Waals surface area contributed by atoms with E-state index in [1.54, 1.807) is 19.2 Å². The van der Waals surface area contributed by atoms with Crippen LogP contribution in [0.4, 0.5) is 11.4 Å². The Balaban J connectivity index is 2.33. The number of likely N-dealkylation sites (N-methyl/N-ethyl adjacent to an activating group) is 2. The van der Waals surface area contributed by atoms with Gasteiger partial charge in [0.15, 0.2) is 0 Å². The van der Waals surface area contributed by atoms with Crippen LogP contribution in [0.3, 0.4) is 0 Å². The third-order valence-electron chi connectivity index (χ3n) is 6.78. The molecule has 0 saturated carbocycles. The maximum atomic E-state index is 13.5. The zero-order valence-electron chi connectivity index (χ0n) is 27.5.